The van der Waals surface area contributed by atoms with Gasteiger partial charge in [0.2, 0.25) is 11.7 Å². The van der Waals surface area contributed by atoms with Crippen LogP contribution in [0.15, 0.2) is 53.7 Å². The molecule has 0 atom stereocenters. The predicted octanol–water partition coefficient (Wildman–Crippen LogP) is 2.85. The fraction of sp³-hybridized carbons (Fsp3) is 0.0625. The Labute approximate surface area is 150 Å². The van der Waals surface area contributed by atoms with Gasteiger partial charge in [0.15, 0.2) is 5.16 Å². The van der Waals surface area contributed by atoms with Gasteiger partial charge in [-0.1, -0.05) is 36.0 Å². The number of benzene rings is 2. The Morgan fingerprint density at radius 1 is 1.23 bits per heavy atom. The number of aromatic amines is 1. The summed E-state index contributed by atoms with van der Waals surface area (Å²) in [6.45, 7) is 0. The molecule has 0 aliphatic rings. The number of nitrogens with one attached hydrogen (secondary N) is 2. The number of para-hydroxylation sites is 4. The van der Waals surface area contributed by atoms with Gasteiger partial charge in [-0.15, -0.1) is 5.10 Å². The van der Waals surface area contributed by atoms with Crippen LogP contribution in [0.2, 0.25) is 0 Å². The molecule has 0 unspecified atom stereocenters. The number of carbonyl (C=O) groups is 1. The van der Waals surface area contributed by atoms with E-state index >= 15 is 0 Å². The molecule has 4 aromatic rings. The van der Waals surface area contributed by atoms with E-state index in [1.165, 1.54) is 23.9 Å². The van der Waals surface area contributed by atoms with Crippen LogP contribution in [-0.4, -0.2) is 36.2 Å². The van der Waals surface area contributed by atoms with Crippen molar-refractivity contribution in [2.45, 2.75) is 5.16 Å². The summed E-state index contributed by atoms with van der Waals surface area (Å²) in [5.41, 5.74) is 1.74. The van der Waals surface area contributed by atoms with Crippen LogP contribution in [0.5, 0.6) is 0 Å². The van der Waals surface area contributed by atoms with E-state index in [1.807, 2.05) is 28.7 Å². The number of hydrogen-bond acceptors (Lipinski definition) is 6. The summed E-state index contributed by atoms with van der Waals surface area (Å²) in [7, 11) is 0. The lowest BCUT2D eigenvalue weighted by molar-refractivity contribution is -0.383. The lowest BCUT2D eigenvalue weighted by Gasteiger charge is -2.05. The summed E-state index contributed by atoms with van der Waals surface area (Å²) < 4.78 is 1.83. The molecular formula is C16H12N6O3S. The molecule has 0 aliphatic carbocycles. The highest BCUT2D eigenvalue weighted by molar-refractivity contribution is 7.99. The largest absolute Gasteiger partial charge is 0.320 e. The van der Waals surface area contributed by atoms with E-state index in [4.69, 9.17) is 0 Å². The van der Waals surface area contributed by atoms with Crippen molar-refractivity contribution in [1.29, 1.82) is 0 Å². The molecular weight excluding hydrogens is 356 g/mol. The molecule has 0 saturated carbocycles. The maximum absolute atomic E-state index is 12.2. The number of H-pyrrole nitrogens is 1. The third kappa shape index (κ3) is 2.86. The van der Waals surface area contributed by atoms with E-state index < -0.39 is 4.92 Å². The zero-order valence-electron chi connectivity index (χ0n) is 13.2. The van der Waals surface area contributed by atoms with E-state index in [0.29, 0.717) is 10.9 Å². The molecule has 10 heteroatoms. The van der Waals surface area contributed by atoms with Crippen LogP contribution in [-0.2, 0) is 4.79 Å². The minimum Gasteiger partial charge on any atom is -0.320 e. The Balaban J connectivity index is 1.52. The minimum atomic E-state index is -0.530. The van der Waals surface area contributed by atoms with Crippen molar-refractivity contribution in [3.8, 4) is 0 Å². The standard InChI is InChI=1S/C16H12N6O3S/c23-14(17-11-6-2-4-8-13(11)22(24)25)9-26-16-20-19-15-18-10-5-1-3-7-12(10)21(15)16/h1-8H,9H2,(H,17,23)(H,18,19). The highest BCUT2D eigenvalue weighted by Gasteiger charge is 2.17. The summed E-state index contributed by atoms with van der Waals surface area (Å²) in [6, 6.07) is 13.6. The maximum atomic E-state index is 12.2. The second kappa shape index (κ2) is 6.48. The van der Waals surface area contributed by atoms with Crippen LogP contribution in [0.25, 0.3) is 16.8 Å². The van der Waals surface area contributed by atoms with Gasteiger partial charge < -0.3 is 5.32 Å². The molecule has 2 aromatic carbocycles. The summed E-state index contributed by atoms with van der Waals surface area (Å²) in [4.78, 5) is 27.1. The first-order valence-corrected chi connectivity index (χ1v) is 8.59. The van der Waals surface area contributed by atoms with Crippen LogP contribution >= 0.6 is 11.8 Å². The van der Waals surface area contributed by atoms with Gasteiger partial charge in [0.25, 0.3) is 5.69 Å². The Hall–Kier alpha value is -3.40. The number of aromatic nitrogens is 4. The first-order chi connectivity index (χ1) is 12.6. The van der Waals surface area contributed by atoms with Crippen molar-refractivity contribution >= 4 is 45.9 Å². The van der Waals surface area contributed by atoms with Crippen molar-refractivity contribution in [3.63, 3.8) is 0 Å². The van der Waals surface area contributed by atoms with Gasteiger partial charge in [-0.3, -0.25) is 19.3 Å². The molecule has 2 aromatic heterocycles. The SMILES string of the molecule is O=C(CSc1n[nH]c2nc3ccccc3n12)Nc1ccccc1[N+](=O)[O-]. The van der Waals surface area contributed by atoms with Crippen molar-refractivity contribution < 1.29 is 9.72 Å². The molecule has 2 heterocycles. The lowest BCUT2D eigenvalue weighted by atomic mass is 10.2. The molecule has 0 bridgehead atoms. The number of rotatable bonds is 5. The lowest BCUT2D eigenvalue weighted by Crippen LogP contribution is -2.15. The van der Waals surface area contributed by atoms with Gasteiger partial charge in [0.1, 0.15) is 5.69 Å². The molecule has 4 rings (SSSR count). The highest BCUT2D eigenvalue weighted by atomic mass is 32.2. The monoisotopic (exact) mass is 368 g/mol. The summed E-state index contributed by atoms with van der Waals surface area (Å²) >= 11 is 1.22. The minimum absolute atomic E-state index is 0.0541. The average Bonchev–Trinajstić information content (AvgIpc) is 3.19. The number of nitro groups is 1. The van der Waals surface area contributed by atoms with Crippen molar-refractivity contribution in [2.24, 2.45) is 0 Å². The summed E-state index contributed by atoms with van der Waals surface area (Å²) in [5.74, 6) is 0.288. The number of nitrogens with zero attached hydrogens (tertiary/aromatic N) is 4. The topological polar surface area (TPSA) is 118 Å². The Morgan fingerprint density at radius 2 is 2.00 bits per heavy atom. The second-order valence-electron chi connectivity index (χ2n) is 5.38. The summed E-state index contributed by atoms with van der Waals surface area (Å²) in [6.07, 6.45) is 0. The van der Waals surface area contributed by atoms with Crippen molar-refractivity contribution in [1.82, 2.24) is 19.6 Å². The van der Waals surface area contributed by atoms with Crippen molar-refractivity contribution in [3.05, 3.63) is 58.6 Å². The van der Waals surface area contributed by atoms with Gasteiger partial charge in [0.05, 0.1) is 21.7 Å². The average molecular weight is 368 g/mol. The van der Waals surface area contributed by atoms with Crippen LogP contribution < -0.4 is 5.32 Å². The van der Waals surface area contributed by atoms with Gasteiger partial charge >= 0.3 is 0 Å². The third-order valence-electron chi connectivity index (χ3n) is 3.71. The fourth-order valence-electron chi connectivity index (χ4n) is 2.59. The zero-order valence-corrected chi connectivity index (χ0v) is 14.1. The number of fused-ring (bicyclic) bond motifs is 3. The van der Waals surface area contributed by atoms with Gasteiger partial charge in [0, 0.05) is 6.07 Å². The first-order valence-electron chi connectivity index (χ1n) is 7.61. The Kier molecular flexibility index (Phi) is 4.01. The second-order valence-corrected chi connectivity index (χ2v) is 6.32. The third-order valence-corrected chi connectivity index (χ3v) is 4.65. The number of imidazole rings is 1. The Morgan fingerprint density at radius 3 is 2.85 bits per heavy atom. The van der Waals surface area contributed by atoms with Crippen LogP contribution in [0, 0.1) is 10.1 Å². The van der Waals surface area contributed by atoms with Crippen LogP contribution in [0.3, 0.4) is 0 Å². The molecule has 0 saturated heterocycles. The van der Waals surface area contributed by atoms with Gasteiger partial charge in [-0.2, -0.15) is 0 Å². The zero-order chi connectivity index (χ0) is 18.1. The van der Waals surface area contributed by atoms with E-state index in [0.717, 1.165) is 11.0 Å². The number of carbonyl (C=O) groups excluding carboxylic acids is 1. The number of amides is 1. The van der Waals surface area contributed by atoms with E-state index in [2.05, 4.69) is 20.5 Å². The maximum Gasteiger partial charge on any atom is 0.292 e. The molecule has 130 valence electrons. The molecule has 0 aliphatic heterocycles. The number of thioether (sulfide) groups is 1. The van der Waals surface area contributed by atoms with Crippen LogP contribution in [0.1, 0.15) is 0 Å². The summed E-state index contributed by atoms with van der Waals surface area (Å²) in [5, 5.41) is 21.2. The van der Waals surface area contributed by atoms with E-state index in [1.54, 1.807) is 12.1 Å². The van der Waals surface area contributed by atoms with Crippen LogP contribution in [0.4, 0.5) is 11.4 Å². The number of hydrogen-bond donors (Lipinski definition) is 2. The molecule has 26 heavy (non-hydrogen) atoms. The highest BCUT2D eigenvalue weighted by Crippen LogP contribution is 2.25. The fourth-order valence-corrected chi connectivity index (χ4v) is 3.35. The molecule has 0 radical (unpaired) electrons. The number of nitro benzene ring substituents is 1. The van der Waals surface area contributed by atoms with Crippen molar-refractivity contribution in [2.75, 3.05) is 11.1 Å². The van der Waals surface area contributed by atoms with Gasteiger partial charge in [-0.25, -0.2) is 10.1 Å². The predicted molar refractivity (Wildman–Crippen MR) is 97.3 cm³/mol. The molecule has 1 amide bonds. The van der Waals surface area contributed by atoms with E-state index in [-0.39, 0.29) is 23.0 Å². The number of anilines is 1. The smallest absolute Gasteiger partial charge is 0.292 e. The molecule has 2 N–H and O–H groups in total. The van der Waals surface area contributed by atoms with Gasteiger partial charge in [-0.05, 0) is 18.2 Å². The molecule has 9 nitrogen and oxygen atoms in total. The molecule has 0 spiro atoms. The van der Waals surface area contributed by atoms with E-state index in [9.17, 15) is 14.9 Å². The first kappa shape index (κ1) is 16.1. The quantitative estimate of drug-likeness (QED) is 0.318. The Bertz CT molecular complexity index is 1140. The normalized spacial score (nSPS) is 11.1. The molecule has 0 fully saturated rings.